The fourth-order valence-electron chi connectivity index (χ4n) is 2.61. The third kappa shape index (κ3) is 5.59. The van der Waals surface area contributed by atoms with E-state index in [-0.39, 0.29) is 0 Å². The monoisotopic (exact) mass is 328 g/mol. The van der Waals surface area contributed by atoms with Crippen molar-refractivity contribution in [1.82, 2.24) is 0 Å². The van der Waals surface area contributed by atoms with Crippen LogP contribution in [0.4, 0.5) is 0 Å². The summed E-state index contributed by atoms with van der Waals surface area (Å²) in [5.74, 6) is 3.05. The molecule has 2 nitrogen and oxygen atoms in total. The Hall–Kier alpha value is -1.96. The molecule has 132 valence electrons. The van der Waals surface area contributed by atoms with Crippen molar-refractivity contribution in [3.05, 3.63) is 58.7 Å². The fourth-order valence-corrected chi connectivity index (χ4v) is 2.61. The zero-order valence-electron chi connectivity index (χ0n) is 16.4. The molecule has 0 radical (unpaired) electrons. The molecule has 2 aromatic carbocycles. The summed E-state index contributed by atoms with van der Waals surface area (Å²) in [6, 6.07) is 12.6. The van der Waals surface area contributed by atoms with Gasteiger partial charge in [0.1, 0.15) is 11.5 Å². The van der Waals surface area contributed by atoms with E-state index in [9.17, 15) is 0 Å². The van der Waals surface area contributed by atoms with Crippen molar-refractivity contribution in [2.75, 3.05) is 14.2 Å². The van der Waals surface area contributed by atoms with Crippen molar-refractivity contribution in [1.29, 1.82) is 0 Å². The molecule has 2 rings (SSSR count). The van der Waals surface area contributed by atoms with Crippen LogP contribution in [0.3, 0.4) is 0 Å². The van der Waals surface area contributed by atoms with Crippen molar-refractivity contribution < 1.29 is 9.47 Å². The molecule has 0 N–H and O–H groups in total. The molecule has 0 aliphatic carbocycles. The molecule has 24 heavy (non-hydrogen) atoms. The average Bonchev–Trinajstić information content (AvgIpc) is 2.55. The number of aryl methyl sites for hydroxylation is 2. The van der Waals surface area contributed by atoms with Gasteiger partial charge in [-0.15, -0.1) is 0 Å². The van der Waals surface area contributed by atoms with Crippen LogP contribution in [0.25, 0.3) is 0 Å². The molecule has 0 spiro atoms. The highest BCUT2D eigenvalue weighted by molar-refractivity contribution is 5.39. The molecule has 0 atom stereocenters. The van der Waals surface area contributed by atoms with Gasteiger partial charge in [0.05, 0.1) is 14.2 Å². The van der Waals surface area contributed by atoms with Crippen LogP contribution in [0, 0.1) is 13.8 Å². The second-order valence-electron chi connectivity index (χ2n) is 6.80. The number of hydrogen-bond acceptors (Lipinski definition) is 2. The van der Waals surface area contributed by atoms with Crippen LogP contribution < -0.4 is 9.47 Å². The standard InChI is InChI=1S/2C11H16O/c2*1-8(2)10-7-9(3)5-6-11(10)12-4/h2*5-8H,1-4H3. The predicted octanol–water partition coefficient (Wildman–Crippen LogP) is 6.25. The molecular formula is C22H32O2. The van der Waals surface area contributed by atoms with Gasteiger partial charge in [0.15, 0.2) is 0 Å². The lowest BCUT2D eigenvalue weighted by molar-refractivity contribution is 0.407. The van der Waals surface area contributed by atoms with Gasteiger partial charge in [0, 0.05) is 0 Å². The summed E-state index contributed by atoms with van der Waals surface area (Å²) in [5, 5.41) is 0. The van der Waals surface area contributed by atoms with E-state index in [1.165, 1.54) is 22.3 Å². The van der Waals surface area contributed by atoms with E-state index in [0.29, 0.717) is 11.8 Å². The van der Waals surface area contributed by atoms with Crippen molar-refractivity contribution >= 4 is 0 Å². The minimum atomic E-state index is 0.528. The van der Waals surface area contributed by atoms with Crippen molar-refractivity contribution in [3.8, 4) is 11.5 Å². The molecule has 0 aliphatic heterocycles. The predicted molar refractivity (Wildman–Crippen MR) is 104 cm³/mol. The van der Waals surface area contributed by atoms with Gasteiger partial charge in [-0.1, -0.05) is 63.1 Å². The molecule has 0 saturated heterocycles. The second-order valence-corrected chi connectivity index (χ2v) is 6.80. The molecule has 0 heterocycles. The molecule has 0 fully saturated rings. The lowest BCUT2D eigenvalue weighted by Crippen LogP contribution is -1.94. The third-order valence-electron chi connectivity index (χ3n) is 4.01. The molecule has 2 heteroatoms. The lowest BCUT2D eigenvalue weighted by Gasteiger charge is -2.11. The van der Waals surface area contributed by atoms with Crippen molar-refractivity contribution in [2.45, 2.75) is 53.4 Å². The van der Waals surface area contributed by atoms with Gasteiger partial charge in [-0.25, -0.2) is 0 Å². The van der Waals surface area contributed by atoms with Gasteiger partial charge < -0.3 is 9.47 Å². The van der Waals surface area contributed by atoms with Crippen LogP contribution in [0.5, 0.6) is 11.5 Å². The van der Waals surface area contributed by atoms with E-state index in [4.69, 9.17) is 9.47 Å². The average molecular weight is 328 g/mol. The first-order valence-corrected chi connectivity index (χ1v) is 8.59. The highest BCUT2D eigenvalue weighted by Crippen LogP contribution is 2.27. The van der Waals surface area contributed by atoms with Crippen molar-refractivity contribution in [2.24, 2.45) is 0 Å². The second kappa shape index (κ2) is 9.36. The summed E-state index contributed by atoms with van der Waals surface area (Å²) in [5.41, 5.74) is 5.16. The molecule has 0 saturated carbocycles. The Morgan fingerprint density at radius 3 is 1.21 bits per heavy atom. The number of hydrogen-bond donors (Lipinski definition) is 0. The van der Waals surface area contributed by atoms with Crippen LogP contribution in [0.1, 0.15) is 61.8 Å². The van der Waals surface area contributed by atoms with Crippen LogP contribution >= 0.6 is 0 Å². The summed E-state index contributed by atoms with van der Waals surface area (Å²) >= 11 is 0. The molecular weight excluding hydrogens is 296 g/mol. The Morgan fingerprint density at radius 1 is 0.625 bits per heavy atom. The summed E-state index contributed by atoms with van der Waals surface area (Å²) < 4.78 is 10.5. The van der Waals surface area contributed by atoms with Crippen LogP contribution in [-0.4, -0.2) is 14.2 Å². The van der Waals surface area contributed by atoms with Gasteiger partial charge >= 0.3 is 0 Å². The summed E-state index contributed by atoms with van der Waals surface area (Å²) in [6.45, 7) is 12.9. The summed E-state index contributed by atoms with van der Waals surface area (Å²) in [6.07, 6.45) is 0. The highest BCUT2D eigenvalue weighted by Gasteiger charge is 2.06. The molecule has 0 unspecified atom stereocenters. The number of benzene rings is 2. The molecule has 2 aromatic rings. The van der Waals surface area contributed by atoms with E-state index in [1.807, 2.05) is 12.1 Å². The minimum Gasteiger partial charge on any atom is -0.496 e. The normalized spacial score (nSPS) is 10.4. The number of rotatable bonds is 4. The highest BCUT2D eigenvalue weighted by atomic mass is 16.5. The van der Waals surface area contributed by atoms with E-state index < -0.39 is 0 Å². The van der Waals surface area contributed by atoms with E-state index in [1.54, 1.807) is 14.2 Å². The first-order valence-electron chi connectivity index (χ1n) is 8.59. The summed E-state index contributed by atoms with van der Waals surface area (Å²) in [4.78, 5) is 0. The van der Waals surface area contributed by atoms with Crippen LogP contribution in [0.2, 0.25) is 0 Å². The maximum absolute atomic E-state index is 5.26. The quantitative estimate of drug-likeness (QED) is 0.660. The maximum atomic E-state index is 5.26. The van der Waals surface area contributed by atoms with Crippen molar-refractivity contribution in [3.63, 3.8) is 0 Å². The fraction of sp³-hybridized carbons (Fsp3) is 0.455. The number of methoxy groups -OCH3 is 2. The molecule has 0 aromatic heterocycles. The zero-order chi connectivity index (χ0) is 18.3. The van der Waals surface area contributed by atoms with Crippen LogP contribution in [-0.2, 0) is 0 Å². The lowest BCUT2D eigenvalue weighted by atomic mass is 10.0. The smallest absolute Gasteiger partial charge is 0.122 e. The molecule has 0 amide bonds. The van der Waals surface area contributed by atoms with E-state index in [0.717, 1.165) is 11.5 Å². The molecule has 0 aliphatic rings. The van der Waals surface area contributed by atoms with Gasteiger partial charge in [-0.2, -0.15) is 0 Å². The maximum Gasteiger partial charge on any atom is 0.122 e. The van der Waals surface area contributed by atoms with Gasteiger partial charge in [-0.3, -0.25) is 0 Å². The number of ether oxygens (including phenoxy) is 2. The topological polar surface area (TPSA) is 18.5 Å². The van der Waals surface area contributed by atoms with E-state index >= 15 is 0 Å². The third-order valence-corrected chi connectivity index (χ3v) is 4.01. The van der Waals surface area contributed by atoms with Gasteiger partial charge in [-0.05, 0) is 48.9 Å². The summed E-state index contributed by atoms with van der Waals surface area (Å²) in [7, 11) is 3.44. The largest absolute Gasteiger partial charge is 0.496 e. The van der Waals surface area contributed by atoms with Gasteiger partial charge in [0.25, 0.3) is 0 Å². The first-order chi connectivity index (χ1) is 11.3. The molecule has 0 bridgehead atoms. The Bertz CT molecular complexity index is 585. The Morgan fingerprint density at radius 2 is 0.958 bits per heavy atom. The zero-order valence-corrected chi connectivity index (χ0v) is 16.4. The van der Waals surface area contributed by atoms with E-state index in [2.05, 4.69) is 65.8 Å². The minimum absolute atomic E-state index is 0.528. The van der Waals surface area contributed by atoms with Crippen LogP contribution in [0.15, 0.2) is 36.4 Å². The Balaban J connectivity index is 0.000000240. The van der Waals surface area contributed by atoms with Gasteiger partial charge in [0.2, 0.25) is 0 Å². The Kier molecular flexibility index (Phi) is 7.84. The SMILES string of the molecule is COc1ccc(C)cc1C(C)C.COc1ccc(C)cc1C(C)C. The first kappa shape index (κ1) is 20.1. The Labute approximate surface area is 147 Å².